The molecule has 0 aliphatic rings. The van der Waals surface area contributed by atoms with Crippen LogP contribution >= 0.6 is 22.6 Å². The molecule has 1 aromatic rings. The third-order valence-electron chi connectivity index (χ3n) is 2.49. The van der Waals surface area contributed by atoms with E-state index in [9.17, 15) is 18.0 Å². The van der Waals surface area contributed by atoms with Crippen LogP contribution in [-0.4, -0.2) is 17.6 Å². The molecule has 3 N–H and O–H groups in total. The molecule has 100 valence electrons. The number of nitrogens with two attached hydrogens (primary N) is 1. The van der Waals surface area contributed by atoms with Gasteiger partial charge >= 0.3 is 6.18 Å². The van der Waals surface area contributed by atoms with E-state index in [0.717, 1.165) is 9.13 Å². The van der Waals surface area contributed by atoms with E-state index in [0.29, 0.717) is 6.92 Å². The maximum Gasteiger partial charge on any atom is 0.415 e. The predicted molar refractivity (Wildman–Crippen MR) is 71.2 cm³/mol. The summed E-state index contributed by atoms with van der Waals surface area (Å²) in [5.74, 6) is -1.28. The molecule has 1 amide bonds. The first kappa shape index (κ1) is 15.2. The van der Waals surface area contributed by atoms with Gasteiger partial charge in [0.25, 0.3) is 5.91 Å². The molecule has 0 aliphatic heterocycles. The van der Waals surface area contributed by atoms with Crippen LogP contribution in [0.1, 0.15) is 12.5 Å². The molecule has 0 radical (unpaired) electrons. The van der Waals surface area contributed by atoms with Crippen molar-refractivity contribution in [3.8, 4) is 0 Å². The molecule has 7 heteroatoms. The summed E-state index contributed by atoms with van der Waals surface area (Å²) in [4.78, 5) is 11.5. The van der Waals surface area contributed by atoms with Gasteiger partial charge in [-0.3, -0.25) is 4.79 Å². The Hall–Kier alpha value is -0.830. The largest absolute Gasteiger partial charge is 0.415 e. The summed E-state index contributed by atoms with van der Waals surface area (Å²) in [5, 5.41) is 2.17. The lowest BCUT2D eigenvalue weighted by molar-refractivity contribution is -0.184. The lowest BCUT2D eigenvalue weighted by atomic mass is 10.0. The van der Waals surface area contributed by atoms with Crippen molar-refractivity contribution in [3.05, 3.63) is 27.3 Å². The van der Waals surface area contributed by atoms with Gasteiger partial charge in [-0.25, -0.2) is 0 Å². The second-order valence-electron chi connectivity index (χ2n) is 4.12. The molecule has 0 bridgehead atoms. The predicted octanol–water partition coefficient (Wildman–Crippen LogP) is 2.82. The standard InChI is InChI=1S/C11H12F3IN2O/c1-6-3-4-7(5-8(6)15)17-9(18)10(2,16)11(12,13)14/h3-5H,16H2,1-2H3,(H,17,18). The number of aryl methyl sites for hydroxylation is 1. The maximum absolute atomic E-state index is 12.5. The molecule has 0 heterocycles. The number of hydrogen-bond acceptors (Lipinski definition) is 2. The average molecular weight is 372 g/mol. The Morgan fingerprint density at radius 2 is 1.94 bits per heavy atom. The van der Waals surface area contributed by atoms with E-state index in [1.807, 2.05) is 29.5 Å². The molecule has 0 aromatic heterocycles. The topological polar surface area (TPSA) is 55.1 Å². The van der Waals surface area contributed by atoms with Gasteiger partial charge in [-0.2, -0.15) is 13.2 Å². The number of alkyl halides is 3. The van der Waals surface area contributed by atoms with Crippen LogP contribution in [0.25, 0.3) is 0 Å². The van der Waals surface area contributed by atoms with Gasteiger partial charge in [0.05, 0.1) is 0 Å². The van der Waals surface area contributed by atoms with Crippen molar-refractivity contribution < 1.29 is 18.0 Å². The molecule has 0 spiro atoms. The van der Waals surface area contributed by atoms with Gasteiger partial charge in [-0.05, 0) is 54.1 Å². The Bertz CT molecular complexity index is 472. The molecule has 0 saturated carbocycles. The molecule has 0 aliphatic carbocycles. The van der Waals surface area contributed by atoms with Crippen LogP contribution in [0.2, 0.25) is 0 Å². The van der Waals surface area contributed by atoms with E-state index >= 15 is 0 Å². The molecule has 18 heavy (non-hydrogen) atoms. The SMILES string of the molecule is Cc1ccc(NC(=O)C(C)(N)C(F)(F)F)cc1I. The first-order valence-corrected chi connectivity index (χ1v) is 6.07. The lowest BCUT2D eigenvalue weighted by Crippen LogP contribution is -2.59. The number of carbonyl (C=O) groups excluding carboxylic acids is 1. The smallest absolute Gasteiger partial charge is 0.324 e. The van der Waals surface area contributed by atoms with Crippen LogP contribution in [0.3, 0.4) is 0 Å². The minimum absolute atomic E-state index is 0.288. The van der Waals surface area contributed by atoms with Gasteiger partial charge < -0.3 is 11.1 Å². The summed E-state index contributed by atoms with van der Waals surface area (Å²) in [6, 6.07) is 4.82. The van der Waals surface area contributed by atoms with Gasteiger partial charge in [0.15, 0.2) is 5.54 Å². The minimum Gasteiger partial charge on any atom is -0.324 e. The molecular weight excluding hydrogens is 360 g/mol. The molecule has 0 saturated heterocycles. The highest BCUT2D eigenvalue weighted by Crippen LogP contribution is 2.29. The van der Waals surface area contributed by atoms with Crippen LogP contribution in [0.5, 0.6) is 0 Å². The summed E-state index contributed by atoms with van der Waals surface area (Å²) in [7, 11) is 0. The summed E-state index contributed by atoms with van der Waals surface area (Å²) in [6.45, 7) is 2.50. The molecule has 1 aromatic carbocycles. The first-order chi connectivity index (χ1) is 8.05. The number of halogens is 4. The highest BCUT2D eigenvalue weighted by Gasteiger charge is 2.53. The first-order valence-electron chi connectivity index (χ1n) is 4.99. The Labute approximate surface area is 116 Å². The second-order valence-corrected chi connectivity index (χ2v) is 5.28. The Balaban J connectivity index is 2.91. The number of rotatable bonds is 2. The fourth-order valence-electron chi connectivity index (χ4n) is 1.06. The van der Waals surface area contributed by atoms with Crippen LogP contribution in [-0.2, 0) is 4.79 Å². The summed E-state index contributed by atoms with van der Waals surface area (Å²) >= 11 is 2.03. The van der Waals surface area contributed by atoms with Crippen LogP contribution < -0.4 is 11.1 Å². The zero-order valence-electron chi connectivity index (χ0n) is 9.73. The highest BCUT2D eigenvalue weighted by molar-refractivity contribution is 14.1. The van der Waals surface area contributed by atoms with Crippen LogP contribution in [0.15, 0.2) is 18.2 Å². The van der Waals surface area contributed by atoms with Crippen molar-refractivity contribution in [2.24, 2.45) is 5.73 Å². The number of carbonyl (C=O) groups is 1. The number of nitrogens with one attached hydrogen (secondary N) is 1. The van der Waals surface area contributed by atoms with Gasteiger partial charge in [-0.15, -0.1) is 0 Å². The van der Waals surface area contributed by atoms with Gasteiger partial charge in [0.1, 0.15) is 0 Å². The monoisotopic (exact) mass is 372 g/mol. The maximum atomic E-state index is 12.5. The number of amides is 1. The Morgan fingerprint density at radius 1 is 1.39 bits per heavy atom. The zero-order chi connectivity index (χ0) is 14.1. The van der Waals surface area contributed by atoms with Gasteiger partial charge in [-0.1, -0.05) is 6.07 Å². The third kappa shape index (κ3) is 3.14. The van der Waals surface area contributed by atoms with Crippen molar-refractivity contribution in [2.75, 3.05) is 5.32 Å². The fourth-order valence-corrected chi connectivity index (χ4v) is 1.58. The number of benzene rings is 1. The van der Waals surface area contributed by atoms with Crippen molar-refractivity contribution in [1.82, 2.24) is 0 Å². The number of anilines is 1. The summed E-state index contributed by atoms with van der Waals surface area (Å²) in [5.41, 5.74) is 3.36. The van der Waals surface area contributed by atoms with E-state index in [2.05, 4.69) is 5.32 Å². The normalized spacial score (nSPS) is 15.1. The number of hydrogen-bond donors (Lipinski definition) is 2. The van der Waals surface area contributed by atoms with Gasteiger partial charge in [0, 0.05) is 9.26 Å². The quantitative estimate of drug-likeness (QED) is 0.785. The molecule has 3 nitrogen and oxygen atoms in total. The van der Waals surface area contributed by atoms with E-state index in [1.165, 1.54) is 6.07 Å². The van der Waals surface area contributed by atoms with Crippen molar-refractivity contribution in [1.29, 1.82) is 0 Å². The molecule has 0 fully saturated rings. The Kier molecular flexibility index (Phi) is 4.26. The molecule has 1 unspecified atom stereocenters. The zero-order valence-corrected chi connectivity index (χ0v) is 11.9. The molecular formula is C11H12F3IN2O. The van der Waals surface area contributed by atoms with E-state index in [-0.39, 0.29) is 5.69 Å². The Morgan fingerprint density at radius 3 is 2.39 bits per heavy atom. The van der Waals surface area contributed by atoms with Crippen LogP contribution in [0.4, 0.5) is 18.9 Å². The summed E-state index contributed by atoms with van der Waals surface area (Å²) < 4.78 is 38.5. The minimum atomic E-state index is -4.80. The summed E-state index contributed by atoms with van der Waals surface area (Å²) in [6.07, 6.45) is -4.80. The lowest BCUT2D eigenvalue weighted by Gasteiger charge is -2.26. The average Bonchev–Trinajstić information content (AvgIpc) is 2.21. The second kappa shape index (κ2) is 5.04. The molecule has 1 rings (SSSR count). The van der Waals surface area contributed by atoms with Crippen molar-refractivity contribution in [3.63, 3.8) is 0 Å². The van der Waals surface area contributed by atoms with Crippen LogP contribution in [0, 0.1) is 10.5 Å². The van der Waals surface area contributed by atoms with E-state index < -0.39 is 17.6 Å². The molecule has 1 atom stereocenters. The third-order valence-corrected chi connectivity index (χ3v) is 3.65. The highest BCUT2D eigenvalue weighted by atomic mass is 127. The van der Waals surface area contributed by atoms with Gasteiger partial charge in [0.2, 0.25) is 0 Å². The van der Waals surface area contributed by atoms with Crippen molar-refractivity contribution in [2.45, 2.75) is 25.6 Å². The van der Waals surface area contributed by atoms with E-state index in [4.69, 9.17) is 5.73 Å². The van der Waals surface area contributed by atoms with Crippen molar-refractivity contribution >= 4 is 34.2 Å². The fraction of sp³-hybridized carbons (Fsp3) is 0.364. The van der Waals surface area contributed by atoms with E-state index in [1.54, 1.807) is 12.1 Å².